The third kappa shape index (κ3) is 3.24. The van der Waals surface area contributed by atoms with Gasteiger partial charge in [-0.1, -0.05) is 36.4 Å². The molecule has 2 aliphatic carbocycles. The fraction of sp³-hybridized carbons (Fsp3) is 0.250. The predicted molar refractivity (Wildman–Crippen MR) is 114 cm³/mol. The lowest BCUT2D eigenvalue weighted by Gasteiger charge is -2.20. The van der Waals surface area contributed by atoms with Gasteiger partial charge in [0, 0.05) is 18.0 Å². The van der Waals surface area contributed by atoms with Gasteiger partial charge < -0.3 is 10.6 Å². The van der Waals surface area contributed by atoms with E-state index in [9.17, 15) is 9.59 Å². The smallest absolute Gasteiger partial charge is 0.237 e. The molecule has 1 spiro atoms. The van der Waals surface area contributed by atoms with E-state index in [4.69, 9.17) is 0 Å². The second-order valence-electron chi connectivity index (χ2n) is 8.07. The Morgan fingerprint density at radius 1 is 1.03 bits per heavy atom. The number of hydrogen-bond donors (Lipinski definition) is 2. The summed E-state index contributed by atoms with van der Waals surface area (Å²) in [5, 5.41) is 5.40. The largest absolute Gasteiger partial charge is 0.313 e. The lowest BCUT2D eigenvalue weighted by molar-refractivity contribution is -0.120. The molecule has 30 heavy (non-hydrogen) atoms. The van der Waals surface area contributed by atoms with Crippen molar-refractivity contribution < 1.29 is 9.59 Å². The lowest BCUT2D eigenvalue weighted by Crippen LogP contribution is -2.35. The summed E-state index contributed by atoms with van der Waals surface area (Å²) in [6.07, 6.45) is 8.03. The van der Waals surface area contributed by atoms with E-state index in [1.807, 2.05) is 18.2 Å². The van der Waals surface area contributed by atoms with Crippen molar-refractivity contribution in [3.8, 4) is 0 Å². The van der Waals surface area contributed by atoms with E-state index < -0.39 is 5.41 Å². The average molecular weight is 398 g/mol. The highest BCUT2D eigenvalue weighted by atomic mass is 16.2. The van der Waals surface area contributed by atoms with Gasteiger partial charge in [-0.2, -0.15) is 0 Å². The zero-order valence-electron chi connectivity index (χ0n) is 16.5. The van der Waals surface area contributed by atoms with Crippen LogP contribution in [-0.4, -0.2) is 22.3 Å². The van der Waals surface area contributed by atoms with E-state index in [0.717, 1.165) is 22.6 Å². The van der Waals surface area contributed by atoms with Gasteiger partial charge in [0.15, 0.2) is 0 Å². The first-order valence-electron chi connectivity index (χ1n) is 10.2. The Morgan fingerprint density at radius 2 is 1.83 bits per heavy atom. The molecule has 6 heteroatoms. The number of rotatable bonds is 3. The zero-order valence-corrected chi connectivity index (χ0v) is 16.5. The first-order valence-corrected chi connectivity index (χ1v) is 10.2. The summed E-state index contributed by atoms with van der Waals surface area (Å²) >= 11 is 0. The van der Waals surface area contributed by atoms with Crippen LogP contribution in [0.4, 0.5) is 11.6 Å². The van der Waals surface area contributed by atoms with E-state index in [1.54, 1.807) is 12.4 Å². The van der Waals surface area contributed by atoms with Crippen molar-refractivity contribution in [2.45, 2.75) is 37.0 Å². The molecule has 2 N–H and O–H groups in total. The molecular formula is C24H22N4O2. The summed E-state index contributed by atoms with van der Waals surface area (Å²) in [5.74, 6) is 2.05. The predicted octanol–water partition coefficient (Wildman–Crippen LogP) is 3.60. The van der Waals surface area contributed by atoms with Crippen molar-refractivity contribution in [1.82, 2.24) is 9.97 Å². The molecule has 1 aliphatic heterocycles. The zero-order chi connectivity index (χ0) is 20.6. The monoisotopic (exact) mass is 398 g/mol. The third-order valence-corrected chi connectivity index (χ3v) is 6.11. The molecule has 0 saturated heterocycles. The molecule has 150 valence electrons. The molecule has 2 amide bonds. The second-order valence-corrected chi connectivity index (χ2v) is 8.07. The fourth-order valence-electron chi connectivity index (χ4n) is 4.43. The summed E-state index contributed by atoms with van der Waals surface area (Å²) < 4.78 is 0. The number of carbonyl (C=O) groups excluding carboxylic acids is 2. The highest BCUT2D eigenvalue weighted by Gasteiger charge is 2.51. The normalized spacial score (nSPS) is 20.6. The molecular weight excluding hydrogens is 376 g/mol. The van der Waals surface area contributed by atoms with Crippen LogP contribution in [0.5, 0.6) is 0 Å². The quantitative estimate of drug-likeness (QED) is 0.661. The number of benzene rings is 1. The van der Waals surface area contributed by atoms with Crippen LogP contribution < -0.4 is 10.6 Å². The molecule has 0 bridgehead atoms. The number of amides is 2. The van der Waals surface area contributed by atoms with E-state index in [-0.39, 0.29) is 5.91 Å². The van der Waals surface area contributed by atoms with Crippen LogP contribution in [0.25, 0.3) is 0 Å². The molecule has 1 fully saturated rings. The van der Waals surface area contributed by atoms with Crippen LogP contribution >= 0.6 is 0 Å². The minimum absolute atomic E-state index is 0.0164. The maximum absolute atomic E-state index is 12.5. The van der Waals surface area contributed by atoms with Gasteiger partial charge in [-0.3, -0.25) is 9.59 Å². The van der Waals surface area contributed by atoms with Gasteiger partial charge >= 0.3 is 0 Å². The van der Waals surface area contributed by atoms with Gasteiger partial charge in [-0.15, -0.1) is 0 Å². The van der Waals surface area contributed by atoms with Gasteiger partial charge in [0.25, 0.3) is 0 Å². The van der Waals surface area contributed by atoms with Gasteiger partial charge in [0.1, 0.15) is 11.6 Å². The maximum Gasteiger partial charge on any atom is 0.237 e. The summed E-state index contributed by atoms with van der Waals surface area (Å²) in [6.45, 7) is 0. The minimum atomic E-state index is -0.590. The summed E-state index contributed by atoms with van der Waals surface area (Å²) in [4.78, 5) is 31.4. The first kappa shape index (κ1) is 18.5. The highest BCUT2D eigenvalue weighted by molar-refractivity contribution is 6.06. The number of carbonyl (C=O) groups is 2. The Bertz CT molecular complexity index is 1110. The minimum Gasteiger partial charge on any atom is -0.313 e. The molecule has 2 aromatic heterocycles. The number of nitrogens with zero attached hydrogens (tertiary/aromatic N) is 2. The molecule has 1 saturated carbocycles. The summed E-state index contributed by atoms with van der Waals surface area (Å²) in [6, 6.07) is 16.4. The number of nitrogens with one attached hydrogen (secondary N) is 2. The summed E-state index contributed by atoms with van der Waals surface area (Å²) in [5.41, 5.74) is 3.96. The molecule has 3 heterocycles. The first-order chi connectivity index (χ1) is 14.7. The van der Waals surface area contributed by atoms with Crippen LogP contribution in [-0.2, 0) is 27.8 Å². The number of hydrogen-bond acceptors (Lipinski definition) is 4. The van der Waals surface area contributed by atoms with Gasteiger partial charge in [-0.25, -0.2) is 9.97 Å². The number of pyridine rings is 2. The van der Waals surface area contributed by atoms with Crippen LogP contribution in [0.15, 0.2) is 60.9 Å². The topological polar surface area (TPSA) is 84.0 Å². The van der Waals surface area contributed by atoms with E-state index in [0.29, 0.717) is 30.9 Å². The van der Waals surface area contributed by atoms with E-state index >= 15 is 0 Å². The SMILES string of the molecule is O=CNc1cc2c(cn1)CC1(C2)C(=O)Nc2ncccc21.c1ccc(C2CC2)cc1. The van der Waals surface area contributed by atoms with Gasteiger partial charge in [0.2, 0.25) is 12.3 Å². The van der Waals surface area contributed by atoms with E-state index in [2.05, 4.69) is 50.9 Å². The Morgan fingerprint density at radius 3 is 2.60 bits per heavy atom. The second kappa shape index (κ2) is 7.37. The number of aromatic nitrogens is 2. The van der Waals surface area contributed by atoms with Crippen molar-refractivity contribution in [2.24, 2.45) is 0 Å². The van der Waals surface area contributed by atoms with Crippen molar-refractivity contribution >= 4 is 24.0 Å². The van der Waals surface area contributed by atoms with Crippen LogP contribution in [0, 0.1) is 0 Å². The average Bonchev–Trinajstić information content (AvgIpc) is 3.50. The third-order valence-electron chi connectivity index (χ3n) is 6.11. The van der Waals surface area contributed by atoms with Crippen molar-refractivity contribution in [3.05, 3.63) is 83.2 Å². The molecule has 0 radical (unpaired) electrons. The molecule has 6 rings (SSSR count). The van der Waals surface area contributed by atoms with Crippen molar-refractivity contribution in [2.75, 3.05) is 10.6 Å². The number of anilines is 2. The molecule has 6 nitrogen and oxygen atoms in total. The lowest BCUT2D eigenvalue weighted by atomic mass is 9.79. The fourth-order valence-corrected chi connectivity index (χ4v) is 4.43. The van der Waals surface area contributed by atoms with Crippen LogP contribution in [0.2, 0.25) is 0 Å². The van der Waals surface area contributed by atoms with Crippen LogP contribution in [0.3, 0.4) is 0 Å². The van der Waals surface area contributed by atoms with Gasteiger partial charge in [0.05, 0.1) is 5.41 Å². The van der Waals surface area contributed by atoms with E-state index in [1.165, 1.54) is 18.4 Å². The molecule has 3 aliphatic rings. The maximum atomic E-state index is 12.5. The standard InChI is InChI=1S/C15H12N4O2.C9H10/c20-8-18-12-4-9-5-15(6-10(9)7-17-12)11-2-1-3-16-13(11)19-14(15)21;1-2-4-8(5-3-1)9-6-7-9/h1-4,7-8H,5-6H2,(H,16,19,21)(H,17,18,20);1-5,9H,6-7H2. The molecule has 1 unspecified atom stereocenters. The van der Waals surface area contributed by atoms with Crippen molar-refractivity contribution in [1.29, 1.82) is 0 Å². The number of fused-ring (bicyclic) bond motifs is 3. The Balaban J connectivity index is 0.000000178. The van der Waals surface area contributed by atoms with Crippen LogP contribution in [0.1, 0.15) is 41.0 Å². The molecule has 1 aromatic carbocycles. The summed E-state index contributed by atoms with van der Waals surface area (Å²) in [7, 11) is 0. The Kier molecular flexibility index (Phi) is 4.54. The van der Waals surface area contributed by atoms with Gasteiger partial charge in [-0.05, 0) is 60.4 Å². The highest BCUT2D eigenvalue weighted by Crippen LogP contribution is 2.46. The Labute approximate surface area is 174 Å². The molecule has 3 aromatic rings. The Hall–Kier alpha value is -3.54. The molecule has 1 atom stereocenters. The van der Waals surface area contributed by atoms with Crippen molar-refractivity contribution in [3.63, 3.8) is 0 Å².